The summed E-state index contributed by atoms with van der Waals surface area (Å²) in [5.41, 5.74) is 3.25. The molecule has 1 aliphatic rings. The SMILES string of the molecule is Cc1ccc2ncnc(NCc3ccccc3OCCN3CCOCC3)c2c1. The molecule has 0 unspecified atom stereocenters. The molecule has 0 amide bonds. The molecule has 1 aromatic heterocycles. The van der Waals surface area contributed by atoms with Crippen molar-refractivity contribution in [2.45, 2.75) is 13.5 Å². The van der Waals surface area contributed by atoms with Crippen molar-refractivity contribution < 1.29 is 9.47 Å². The van der Waals surface area contributed by atoms with Crippen molar-refractivity contribution >= 4 is 16.7 Å². The summed E-state index contributed by atoms with van der Waals surface area (Å²) in [7, 11) is 0. The first-order chi connectivity index (χ1) is 13.8. The third kappa shape index (κ3) is 4.58. The summed E-state index contributed by atoms with van der Waals surface area (Å²) in [6.45, 7) is 7.90. The van der Waals surface area contributed by atoms with E-state index in [9.17, 15) is 0 Å². The average Bonchev–Trinajstić information content (AvgIpc) is 2.74. The molecule has 146 valence electrons. The van der Waals surface area contributed by atoms with Gasteiger partial charge in [-0.15, -0.1) is 0 Å². The van der Waals surface area contributed by atoms with E-state index >= 15 is 0 Å². The molecule has 0 spiro atoms. The Bertz CT molecular complexity index is 925. The second-order valence-corrected chi connectivity index (χ2v) is 7.01. The molecular formula is C22H26N4O2. The van der Waals surface area contributed by atoms with Crippen LogP contribution < -0.4 is 10.1 Å². The van der Waals surface area contributed by atoms with Gasteiger partial charge in [0.25, 0.3) is 0 Å². The fourth-order valence-electron chi connectivity index (χ4n) is 3.39. The van der Waals surface area contributed by atoms with Crippen LogP contribution in [0.2, 0.25) is 0 Å². The minimum Gasteiger partial charge on any atom is -0.492 e. The molecule has 0 saturated carbocycles. The first kappa shape index (κ1) is 18.7. The van der Waals surface area contributed by atoms with Gasteiger partial charge >= 0.3 is 0 Å². The van der Waals surface area contributed by atoms with Gasteiger partial charge in [-0.3, -0.25) is 4.90 Å². The molecule has 3 aromatic rings. The number of rotatable bonds is 7. The normalized spacial score (nSPS) is 14.9. The second-order valence-electron chi connectivity index (χ2n) is 7.01. The number of aryl methyl sites for hydroxylation is 1. The van der Waals surface area contributed by atoms with Crippen LogP contribution in [0, 0.1) is 6.92 Å². The fourth-order valence-corrected chi connectivity index (χ4v) is 3.39. The van der Waals surface area contributed by atoms with Gasteiger partial charge in [0.05, 0.1) is 18.7 Å². The van der Waals surface area contributed by atoms with Crippen LogP contribution in [0.5, 0.6) is 5.75 Å². The predicted octanol–water partition coefficient (Wildman–Crippen LogP) is 3.26. The maximum absolute atomic E-state index is 6.08. The first-order valence-corrected chi connectivity index (χ1v) is 9.75. The van der Waals surface area contributed by atoms with Crippen molar-refractivity contribution in [2.24, 2.45) is 0 Å². The highest BCUT2D eigenvalue weighted by Gasteiger charge is 2.11. The highest BCUT2D eigenvalue weighted by molar-refractivity contribution is 5.89. The number of benzene rings is 2. The number of ether oxygens (including phenoxy) is 2. The maximum Gasteiger partial charge on any atom is 0.137 e. The summed E-state index contributed by atoms with van der Waals surface area (Å²) >= 11 is 0. The van der Waals surface area contributed by atoms with Crippen LogP contribution in [0.4, 0.5) is 5.82 Å². The molecular weight excluding hydrogens is 352 g/mol. The molecule has 6 nitrogen and oxygen atoms in total. The van der Waals surface area contributed by atoms with E-state index < -0.39 is 0 Å². The number of anilines is 1. The lowest BCUT2D eigenvalue weighted by Gasteiger charge is -2.26. The van der Waals surface area contributed by atoms with Crippen LogP contribution in [-0.2, 0) is 11.3 Å². The van der Waals surface area contributed by atoms with Gasteiger partial charge in [0.2, 0.25) is 0 Å². The highest BCUT2D eigenvalue weighted by Crippen LogP contribution is 2.23. The van der Waals surface area contributed by atoms with E-state index in [2.05, 4.69) is 45.3 Å². The molecule has 4 rings (SSSR count). The molecule has 28 heavy (non-hydrogen) atoms. The first-order valence-electron chi connectivity index (χ1n) is 9.75. The molecule has 1 aliphatic heterocycles. The van der Waals surface area contributed by atoms with Crippen molar-refractivity contribution in [1.29, 1.82) is 0 Å². The lowest BCUT2D eigenvalue weighted by Crippen LogP contribution is -2.38. The zero-order valence-electron chi connectivity index (χ0n) is 16.2. The van der Waals surface area contributed by atoms with Crippen LogP contribution in [-0.4, -0.2) is 54.3 Å². The number of aromatic nitrogens is 2. The van der Waals surface area contributed by atoms with E-state index in [0.717, 1.165) is 60.9 Å². The van der Waals surface area contributed by atoms with E-state index in [-0.39, 0.29) is 0 Å². The van der Waals surface area contributed by atoms with Crippen LogP contribution in [0.15, 0.2) is 48.8 Å². The van der Waals surface area contributed by atoms with E-state index in [1.807, 2.05) is 24.3 Å². The summed E-state index contributed by atoms with van der Waals surface area (Å²) in [6, 6.07) is 14.4. The van der Waals surface area contributed by atoms with E-state index in [4.69, 9.17) is 9.47 Å². The molecule has 2 heterocycles. The highest BCUT2D eigenvalue weighted by atomic mass is 16.5. The van der Waals surface area contributed by atoms with Gasteiger partial charge in [-0.2, -0.15) is 0 Å². The van der Waals surface area contributed by atoms with E-state index in [1.54, 1.807) is 6.33 Å². The number of para-hydroxylation sites is 1. The third-order valence-corrected chi connectivity index (χ3v) is 4.98. The molecule has 1 N–H and O–H groups in total. The van der Waals surface area contributed by atoms with Crippen molar-refractivity contribution in [2.75, 3.05) is 44.8 Å². The van der Waals surface area contributed by atoms with E-state index in [1.165, 1.54) is 5.56 Å². The Kier molecular flexibility index (Phi) is 5.99. The van der Waals surface area contributed by atoms with Crippen LogP contribution in [0.25, 0.3) is 10.9 Å². The number of fused-ring (bicyclic) bond motifs is 1. The van der Waals surface area contributed by atoms with Crippen LogP contribution >= 0.6 is 0 Å². The van der Waals surface area contributed by atoms with Gasteiger partial charge in [-0.25, -0.2) is 9.97 Å². The molecule has 1 fully saturated rings. The van der Waals surface area contributed by atoms with Crippen molar-refractivity contribution in [3.8, 4) is 5.75 Å². The lowest BCUT2D eigenvalue weighted by molar-refractivity contribution is 0.0322. The third-order valence-electron chi connectivity index (χ3n) is 4.98. The number of hydrogen-bond donors (Lipinski definition) is 1. The maximum atomic E-state index is 6.08. The summed E-state index contributed by atoms with van der Waals surface area (Å²) in [5.74, 6) is 1.76. The quantitative estimate of drug-likeness (QED) is 0.681. The summed E-state index contributed by atoms with van der Waals surface area (Å²) in [4.78, 5) is 11.2. The summed E-state index contributed by atoms with van der Waals surface area (Å²) < 4.78 is 11.5. The van der Waals surface area contributed by atoms with E-state index in [0.29, 0.717) is 13.2 Å². The van der Waals surface area contributed by atoms with Gasteiger partial charge in [0.1, 0.15) is 24.5 Å². The van der Waals surface area contributed by atoms with Gasteiger partial charge in [0, 0.05) is 37.1 Å². The molecule has 0 radical (unpaired) electrons. The van der Waals surface area contributed by atoms with Gasteiger partial charge in [0.15, 0.2) is 0 Å². The standard InChI is InChI=1S/C22H26N4O2/c1-17-6-7-20-19(14-17)22(25-16-24-20)23-15-18-4-2-3-5-21(18)28-13-10-26-8-11-27-12-9-26/h2-7,14,16H,8-13,15H2,1H3,(H,23,24,25). The lowest BCUT2D eigenvalue weighted by atomic mass is 10.1. The number of nitrogens with one attached hydrogen (secondary N) is 1. The molecule has 0 atom stereocenters. The Balaban J connectivity index is 1.41. The minimum absolute atomic E-state index is 0.647. The minimum atomic E-state index is 0.647. The Morgan fingerprint density at radius 1 is 1.11 bits per heavy atom. The summed E-state index contributed by atoms with van der Waals surface area (Å²) in [5, 5.41) is 4.49. The average molecular weight is 378 g/mol. The zero-order chi connectivity index (χ0) is 19.2. The van der Waals surface area contributed by atoms with Gasteiger partial charge in [-0.05, 0) is 25.1 Å². The molecule has 6 heteroatoms. The number of hydrogen-bond acceptors (Lipinski definition) is 6. The molecule has 1 saturated heterocycles. The Hall–Kier alpha value is -2.70. The number of morpholine rings is 1. The monoisotopic (exact) mass is 378 g/mol. The van der Waals surface area contributed by atoms with Crippen molar-refractivity contribution in [3.05, 3.63) is 59.9 Å². The number of nitrogens with zero attached hydrogens (tertiary/aromatic N) is 3. The fraction of sp³-hybridized carbons (Fsp3) is 0.364. The molecule has 2 aromatic carbocycles. The smallest absolute Gasteiger partial charge is 0.137 e. The van der Waals surface area contributed by atoms with Gasteiger partial charge < -0.3 is 14.8 Å². The second kappa shape index (κ2) is 8.99. The Morgan fingerprint density at radius 3 is 2.86 bits per heavy atom. The van der Waals surface area contributed by atoms with Crippen LogP contribution in [0.3, 0.4) is 0 Å². The molecule has 0 bridgehead atoms. The predicted molar refractivity (Wildman–Crippen MR) is 111 cm³/mol. The van der Waals surface area contributed by atoms with Gasteiger partial charge in [-0.1, -0.05) is 29.8 Å². The summed E-state index contributed by atoms with van der Waals surface area (Å²) in [6.07, 6.45) is 1.60. The van der Waals surface area contributed by atoms with Crippen molar-refractivity contribution in [1.82, 2.24) is 14.9 Å². The van der Waals surface area contributed by atoms with Crippen LogP contribution in [0.1, 0.15) is 11.1 Å². The topological polar surface area (TPSA) is 59.5 Å². The molecule has 0 aliphatic carbocycles. The Morgan fingerprint density at radius 2 is 1.96 bits per heavy atom. The Labute approximate surface area is 165 Å². The van der Waals surface area contributed by atoms with Crippen molar-refractivity contribution in [3.63, 3.8) is 0 Å². The largest absolute Gasteiger partial charge is 0.492 e. The zero-order valence-corrected chi connectivity index (χ0v) is 16.2.